The number of hydrogen-bond acceptors (Lipinski definition) is 4. The van der Waals surface area contributed by atoms with E-state index in [0.717, 1.165) is 5.69 Å². The molecule has 0 aliphatic carbocycles. The number of aromatic nitrogens is 2. The molecule has 2 aromatic rings. The van der Waals surface area contributed by atoms with Gasteiger partial charge < -0.3 is 4.90 Å². The summed E-state index contributed by atoms with van der Waals surface area (Å²) in [5, 5.41) is 6.42. The summed E-state index contributed by atoms with van der Waals surface area (Å²) < 4.78 is 27.2. The summed E-state index contributed by atoms with van der Waals surface area (Å²) in [5.41, 5.74) is 2.04. The minimum atomic E-state index is -3.69. The van der Waals surface area contributed by atoms with Crippen molar-refractivity contribution in [2.75, 3.05) is 29.3 Å². The third kappa shape index (κ3) is 2.26. The molecule has 0 atom stereocenters. The summed E-state index contributed by atoms with van der Waals surface area (Å²) in [7, 11) is -1.75. The van der Waals surface area contributed by atoms with E-state index in [2.05, 4.69) is 10.2 Å². The third-order valence-electron chi connectivity index (χ3n) is 3.57. The Morgan fingerprint density at radius 2 is 2.00 bits per heavy atom. The SMILES string of the molecule is CN1CCN(S(=O)(=O)c2[nH]ncc2CCl)c2ccccc21. The number of likely N-dealkylation sites (N-methyl/N-ethyl adjacent to an activating group) is 1. The number of alkyl halides is 1. The maximum absolute atomic E-state index is 12.9. The second-order valence-corrected chi connectivity index (χ2v) is 6.91. The first-order valence-corrected chi connectivity index (χ1v) is 8.44. The highest BCUT2D eigenvalue weighted by Gasteiger charge is 2.33. The fraction of sp³-hybridized carbons (Fsp3) is 0.308. The summed E-state index contributed by atoms with van der Waals surface area (Å²) >= 11 is 5.79. The van der Waals surface area contributed by atoms with Crippen LogP contribution < -0.4 is 9.21 Å². The van der Waals surface area contributed by atoms with Crippen LogP contribution in [-0.2, 0) is 15.9 Å². The number of nitrogens with zero attached hydrogens (tertiary/aromatic N) is 3. The number of aromatic amines is 1. The van der Waals surface area contributed by atoms with Crippen molar-refractivity contribution in [1.82, 2.24) is 10.2 Å². The topological polar surface area (TPSA) is 69.3 Å². The zero-order valence-corrected chi connectivity index (χ0v) is 13.0. The summed E-state index contributed by atoms with van der Waals surface area (Å²) in [6.07, 6.45) is 1.45. The number of hydrogen-bond donors (Lipinski definition) is 1. The molecule has 0 bridgehead atoms. The number of nitrogens with one attached hydrogen (secondary N) is 1. The van der Waals surface area contributed by atoms with Crippen molar-refractivity contribution in [2.24, 2.45) is 0 Å². The molecule has 2 heterocycles. The Hall–Kier alpha value is -1.73. The van der Waals surface area contributed by atoms with Crippen LogP contribution in [0.3, 0.4) is 0 Å². The molecule has 1 aromatic heterocycles. The van der Waals surface area contributed by atoms with Crippen LogP contribution in [0.5, 0.6) is 0 Å². The minimum absolute atomic E-state index is 0.0665. The molecule has 6 nitrogen and oxygen atoms in total. The van der Waals surface area contributed by atoms with Crippen molar-refractivity contribution in [3.05, 3.63) is 36.0 Å². The lowest BCUT2D eigenvalue weighted by Gasteiger charge is -2.35. The number of H-pyrrole nitrogens is 1. The highest BCUT2D eigenvalue weighted by molar-refractivity contribution is 7.92. The molecule has 112 valence electrons. The standard InChI is InChI=1S/C13H15ClN4O2S/c1-17-6-7-18(12-5-3-2-4-11(12)17)21(19,20)13-10(8-14)9-15-16-13/h2-5,9H,6-8H2,1H3,(H,15,16). The van der Waals surface area contributed by atoms with Crippen molar-refractivity contribution in [3.8, 4) is 0 Å². The molecule has 3 rings (SSSR count). The average molecular weight is 327 g/mol. The first-order chi connectivity index (χ1) is 10.1. The van der Waals surface area contributed by atoms with Crippen LogP contribution in [0.1, 0.15) is 5.56 Å². The van der Waals surface area contributed by atoms with Gasteiger partial charge in [-0.25, -0.2) is 0 Å². The Morgan fingerprint density at radius 1 is 1.29 bits per heavy atom. The number of halogens is 1. The average Bonchev–Trinajstić information content (AvgIpc) is 2.97. The van der Waals surface area contributed by atoms with Crippen molar-refractivity contribution in [3.63, 3.8) is 0 Å². The molecule has 1 N–H and O–H groups in total. The molecule has 0 amide bonds. The normalized spacial score (nSPS) is 15.1. The number of sulfonamides is 1. The van der Waals surface area contributed by atoms with Crippen LogP contribution in [0.15, 0.2) is 35.5 Å². The van der Waals surface area contributed by atoms with Crippen molar-refractivity contribution >= 4 is 33.0 Å². The molecule has 1 aromatic carbocycles. The Balaban J connectivity index is 2.11. The molecule has 21 heavy (non-hydrogen) atoms. The predicted molar refractivity (Wildman–Crippen MR) is 82.4 cm³/mol. The van der Waals surface area contributed by atoms with Gasteiger partial charge in [-0.05, 0) is 12.1 Å². The lowest BCUT2D eigenvalue weighted by atomic mass is 10.2. The van der Waals surface area contributed by atoms with Gasteiger partial charge in [0.1, 0.15) is 0 Å². The molecular formula is C13H15ClN4O2S. The van der Waals surface area contributed by atoms with E-state index in [4.69, 9.17) is 11.6 Å². The number of fused-ring (bicyclic) bond motifs is 1. The van der Waals surface area contributed by atoms with Gasteiger partial charge in [0.15, 0.2) is 5.03 Å². The van der Waals surface area contributed by atoms with E-state index in [-0.39, 0.29) is 10.9 Å². The lowest BCUT2D eigenvalue weighted by Crippen LogP contribution is -2.42. The second-order valence-electron chi connectivity index (χ2n) is 4.85. The van der Waals surface area contributed by atoms with Gasteiger partial charge >= 0.3 is 0 Å². The van der Waals surface area contributed by atoms with Gasteiger partial charge in [0.2, 0.25) is 0 Å². The molecule has 0 spiro atoms. The lowest BCUT2D eigenvalue weighted by molar-refractivity contribution is 0.584. The first kappa shape index (κ1) is 14.2. The summed E-state index contributed by atoms with van der Waals surface area (Å²) in [6, 6.07) is 7.44. The quantitative estimate of drug-likeness (QED) is 0.873. The highest BCUT2D eigenvalue weighted by Crippen LogP contribution is 2.35. The van der Waals surface area contributed by atoms with Crippen molar-refractivity contribution in [2.45, 2.75) is 10.9 Å². The molecule has 1 aliphatic heterocycles. The van der Waals surface area contributed by atoms with Crippen LogP contribution in [0.25, 0.3) is 0 Å². The van der Waals surface area contributed by atoms with Crippen LogP contribution in [0.4, 0.5) is 11.4 Å². The number of para-hydroxylation sites is 2. The molecule has 0 saturated carbocycles. The van der Waals surface area contributed by atoms with Gasteiger partial charge in [-0.1, -0.05) is 12.1 Å². The molecule has 8 heteroatoms. The maximum Gasteiger partial charge on any atom is 0.281 e. The van der Waals surface area contributed by atoms with E-state index in [0.29, 0.717) is 24.3 Å². The first-order valence-electron chi connectivity index (χ1n) is 6.47. The number of benzene rings is 1. The maximum atomic E-state index is 12.9. The van der Waals surface area contributed by atoms with E-state index in [9.17, 15) is 8.42 Å². The molecule has 0 radical (unpaired) electrons. The van der Waals surface area contributed by atoms with E-state index in [1.807, 2.05) is 30.1 Å². The fourth-order valence-electron chi connectivity index (χ4n) is 2.46. The highest BCUT2D eigenvalue weighted by atomic mass is 35.5. The Kier molecular flexibility index (Phi) is 3.54. The third-order valence-corrected chi connectivity index (χ3v) is 5.69. The zero-order chi connectivity index (χ0) is 15.0. The molecule has 0 saturated heterocycles. The molecule has 0 unspecified atom stereocenters. The van der Waals surface area contributed by atoms with E-state index >= 15 is 0 Å². The Labute approximate surface area is 128 Å². The summed E-state index contributed by atoms with van der Waals surface area (Å²) in [6.45, 7) is 1.01. The summed E-state index contributed by atoms with van der Waals surface area (Å²) in [4.78, 5) is 2.04. The Bertz CT molecular complexity index is 759. The van der Waals surface area contributed by atoms with Crippen LogP contribution in [0.2, 0.25) is 0 Å². The molecule has 1 aliphatic rings. The molecule has 0 fully saturated rings. The van der Waals surface area contributed by atoms with Gasteiger partial charge in [-0.15, -0.1) is 11.6 Å². The second kappa shape index (κ2) is 5.23. The monoisotopic (exact) mass is 326 g/mol. The molecular weight excluding hydrogens is 312 g/mol. The number of rotatable bonds is 3. The van der Waals surface area contributed by atoms with Crippen LogP contribution in [0, 0.1) is 0 Å². The van der Waals surface area contributed by atoms with E-state index in [1.165, 1.54) is 10.5 Å². The smallest absolute Gasteiger partial charge is 0.281 e. The van der Waals surface area contributed by atoms with Crippen molar-refractivity contribution < 1.29 is 8.42 Å². The fourth-order valence-corrected chi connectivity index (χ4v) is 4.32. The van der Waals surface area contributed by atoms with Gasteiger partial charge in [0.05, 0.1) is 30.0 Å². The largest absolute Gasteiger partial charge is 0.371 e. The predicted octanol–water partition coefficient (Wildman–Crippen LogP) is 1.79. The van der Waals surface area contributed by atoms with Crippen LogP contribution in [-0.4, -0.2) is 38.8 Å². The van der Waals surface area contributed by atoms with Gasteiger partial charge in [0.25, 0.3) is 10.0 Å². The summed E-state index contributed by atoms with van der Waals surface area (Å²) in [5.74, 6) is 0.0977. The van der Waals surface area contributed by atoms with E-state index in [1.54, 1.807) is 6.07 Å². The van der Waals surface area contributed by atoms with E-state index < -0.39 is 10.0 Å². The van der Waals surface area contributed by atoms with Crippen LogP contribution >= 0.6 is 11.6 Å². The number of anilines is 2. The van der Waals surface area contributed by atoms with Crippen molar-refractivity contribution in [1.29, 1.82) is 0 Å². The zero-order valence-electron chi connectivity index (χ0n) is 11.5. The van der Waals surface area contributed by atoms with Gasteiger partial charge in [0, 0.05) is 19.2 Å². The minimum Gasteiger partial charge on any atom is -0.371 e. The van der Waals surface area contributed by atoms with Gasteiger partial charge in [-0.3, -0.25) is 9.40 Å². The Morgan fingerprint density at radius 3 is 2.71 bits per heavy atom. The van der Waals surface area contributed by atoms with Gasteiger partial charge in [-0.2, -0.15) is 13.5 Å².